The van der Waals surface area contributed by atoms with Crippen LogP contribution in [0.3, 0.4) is 0 Å². The van der Waals surface area contributed by atoms with Gasteiger partial charge in [-0.1, -0.05) is 44.2 Å². The molecule has 166 valence electrons. The Morgan fingerprint density at radius 1 is 1.06 bits per heavy atom. The number of benzene rings is 2. The van der Waals surface area contributed by atoms with Gasteiger partial charge in [-0.2, -0.15) is 0 Å². The fourth-order valence-corrected chi connectivity index (χ4v) is 4.45. The highest BCUT2D eigenvalue weighted by Gasteiger charge is 2.21. The third kappa shape index (κ3) is 4.43. The Morgan fingerprint density at radius 2 is 1.84 bits per heavy atom. The zero-order valence-electron chi connectivity index (χ0n) is 18.9. The van der Waals surface area contributed by atoms with Crippen LogP contribution in [0.2, 0.25) is 0 Å². The second-order valence-corrected chi connectivity index (χ2v) is 8.90. The number of pyridine rings is 1. The number of fused-ring (bicyclic) bond motifs is 1. The molecule has 32 heavy (non-hydrogen) atoms. The van der Waals surface area contributed by atoms with E-state index in [1.807, 2.05) is 24.4 Å². The minimum Gasteiger partial charge on any atom is -0.494 e. The van der Waals surface area contributed by atoms with E-state index in [4.69, 9.17) is 14.5 Å². The summed E-state index contributed by atoms with van der Waals surface area (Å²) >= 11 is 3.83. The summed E-state index contributed by atoms with van der Waals surface area (Å²) in [6.45, 7) is 5.66. The van der Waals surface area contributed by atoms with Crippen LogP contribution >= 0.6 is 15.9 Å². The third-order valence-electron chi connectivity index (χ3n) is 5.67. The van der Waals surface area contributed by atoms with Crippen LogP contribution in [0.5, 0.6) is 5.75 Å². The number of hydrogen-bond donors (Lipinski definition) is 0. The molecule has 0 aliphatic heterocycles. The fraction of sp³-hybridized carbons (Fsp3) is 0.308. The molecular formula is C26H28BrN3O2. The molecule has 0 saturated heterocycles. The average molecular weight is 494 g/mol. The molecule has 2 aromatic heterocycles. The Balaban J connectivity index is 1.89. The summed E-state index contributed by atoms with van der Waals surface area (Å²) in [5.74, 6) is 2.18. The molecule has 0 saturated carbocycles. The Morgan fingerprint density at radius 3 is 2.47 bits per heavy atom. The number of methoxy groups -OCH3 is 2. The van der Waals surface area contributed by atoms with E-state index in [0.717, 1.165) is 43.9 Å². The minimum atomic E-state index is 0.486. The number of hydrogen-bond acceptors (Lipinski definition) is 4. The maximum atomic E-state index is 5.84. The van der Waals surface area contributed by atoms with Gasteiger partial charge in [-0.15, -0.1) is 0 Å². The number of nitrogens with zero attached hydrogens (tertiary/aromatic N) is 3. The smallest absolute Gasteiger partial charge is 0.145 e. The van der Waals surface area contributed by atoms with Crippen LogP contribution < -0.4 is 4.74 Å². The van der Waals surface area contributed by atoms with E-state index in [1.54, 1.807) is 14.2 Å². The lowest BCUT2D eigenvalue weighted by Gasteiger charge is -2.13. The molecule has 0 aliphatic carbocycles. The van der Waals surface area contributed by atoms with E-state index < -0.39 is 0 Å². The number of halogens is 1. The van der Waals surface area contributed by atoms with Crippen molar-refractivity contribution in [3.8, 4) is 17.1 Å². The molecule has 6 heteroatoms. The van der Waals surface area contributed by atoms with Crippen molar-refractivity contribution in [2.45, 2.75) is 32.7 Å². The number of rotatable bonds is 8. The first-order valence-electron chi connectivity index (χ1n) is 10.8. The highest BCUT2D eigenvalue weighted by molar-refractivity contribution is 9.10. The van der Waals surface area contributed by atoms with E-state index >= 15 is 0 Å². The summed E-state index contributed by atoms with van der Waals surface area (Å²) in [5.41, 5.74) is 6.31. The van der Waals surface area contributed by atoms with Gasteiger partial charge >= 0.3 is 0 Å². The summed E-state index contributed by atoms with van der Waals surface area (Å²) in [7, 11) is 3.42. The SMILES string of the molecule is COCCn1c(-c2ccc(C(C)C)cc2)nc2c(Br)c(Cc3ccccn3)cc(OC)c21. The predicted molar refractivity (Wildman–Crippen MR) is 132 cm³/mol. The van der Waals surface area contributed by atoms with Crippen LogP contribution in [-0.2, 0) is 17.7 Å². The molecule has 2 aromatic carbocycles. The topological polar surface area (TPSA) is 49.2 Å². The van der Waals surface area contributed by atoms with Gasteiger partial charge in [-0.3, -0.25) is 4.98 Å². The van der Waals surface area contributed by atoms with Crippen molar-refractivity contribution < 1.29 is 9.47 Å². The van der Waals surface area contributed by atoms with Gasteiger partial charge < -0.3 is 14.0 Å². The van der Waals surface area contributed by atoms with Crippen molar-refractivity contribution in [2.24, 2.45) is 0 Å². The second-order valence-electron chi connectivity index (χ2n) is 8.10. The van der Waals surface area contributed by atoms with Crippen LogP contribution in [0.15, 0.2) is 59.2 Å². The first-order valence-corrected chi connectivity index (χ1v) is 11.6. The molecule has 0 N–H and O–H groups in total. The van der Waals surface area contributed by atoms with E-state index in [2.05, 4.69) is 69.7 Å². The lowest BCUT2D eigenvalue weighted by molar-refractivity contribution is 0.188. The number of ether oxygens (including phenoxy) is 2. The van der Waals surface area contributed by atoms with Gasteiger partial charge in [0.25, 0.3) is 0 Å². The first-order chi connectivity index (χ1) is 15.5. The van der Waals surface area contributed by atoms with Gasteiger partial charge in [-0.05, 0) is 51.2 Å². The molecule has 4 aromatic rings. The molecule has 4 rings (SSSR count). The largest absolute Gasteiger partial charge is 0.494 e. The Bertz CT molecular complexity index is 1200. The number of imidazole rings is 1. The van der Waals surface area contributed by atoms with Crippen LogP contribution in [0.25, 0.3) is 22.4 Å². The van der Waals surface area contributed by atoms with Gasteiger partial charge in [0.15, 0.2) is 0 Å². The van der Waals surface area contributed by atoms with Gasteiger partial charge in [0.05, 0.1) is 13.7 Å². The van der Waals surface area contributed by atoms with E-state index in [1.165, 1.54) is 5.56 Å². The summed E-state index contributed by atoms with van der Waals surface area (Å²) in [4.78, 5) is 9.56. The zero-order chi connectivity index (χ0) is 22.7. The van der Waals surface area contributed by atoms with E-state index in [0.29, 0.717) is 25.5 Å². The quantitative estimate of drug-likeness (QED) is 0.291. The Kier molecular flexibility index (Phi) is 6.92. The average Bonchev–Trinajstić information content (AvgIpc) is 3.20. The molecule has 0 bridgehead atoms. The molecule has 0 amide bonds. The molecule has 0 aliphatic rings. The normalized spacial score (nSPS) is 11.4. The predicted octanol–water partition coefficient (Wildman–Crippen LogP) is 6.23. The fourth-order valence-electron chi connectivity index (χ4n) is 3.92. The lowest BCUT2D eigenvalue weighted by atomic mass is 10.0. The van der Waals surface area contributed by atoms with E-state index in [-0.39, 0.29) is 0 Å². The summed E-state index contributed by atoms with van der Waals surface area (Å²) in [6, 6.07) is 16.7. The number of aromatic nitrogens is 3. The lowest BCUT2D eigenvalue weighted by Crippen LogP contribution is -2.07. The summed E-state index contributed by atoms with van der Waals surface area (Å²) in [6.07, 6.45) is 2.51. The monoisotopic (exact) mass is 493 g/mol. The van der Waals surface area contributed by atoms with E-state index in [9.17, 15) is 0 Å². The van der Waals surface area contributed by atoms with Crippen LogP contribution in [-0.4, -0.2) is 35.4 Å². The van der Waals surface area contributed by atoms with Gasteiger partial charge in [-0.25, -0.2) is 4.98 Å². The highest BCUT2D eigenvalue weighted by atomic mass is 79.9. The van der Waals surface area contributed by atoms with Gasteiger partial charge in [0.1, 0.15) is 22.6 Å². The molecule has 0 unspecified atom stereocenters. The van der Waals surface area contributed by atoms with Crippen LogP contribution in [0.4, 0.5) is 0 Å². The maximum absolute atomic E-state index is 5.84. The Hall–Kier alpha value is -2.70. The zero-order valence-corrected chi connectivity index (χ0v) is 20.5. The third-order valence-corrected chi connectivity index (χ3v) is 6.55. The van der Waals surface area contributed by atoms with Crippen molar-refractivity contribution in [1.29, 1.82) is 0 Å². The first kappa shape index (κ1) is 22.5. The van der Waals surface area contributed by atoms with Crippen molar-refractivity contribution >= 4 is 27.0 Å². The van der Waals surface area contributed by atoms with Gasteiger partial charge in [0, 0.05) is 42.0 Å². The van der Waals surface area contributed by atoms with Crippen LogP contribution in [0, 0.1) is 0 Å². The molecule has 0 radical (unpaired) electrons. The summed E-state index contributed by atoms with van der Waals surface area (Å²) in [5, 5.41) is 0. The molecule has 0 fully saturated rings. The standard InChI is InChI=1S/C26H28BrN3O2/c1-17(2)18-8-10-19(11-9-18)26-29-24-23(27)20(15-21-7-5-6-12-28-21)16-22(32-4)25(24)30(26)13-14-31-3/h5-12,16-17H,13-15H2,1-4H3. The van der Waals surface area contributed by atoms with Crippen LogP contribution in [0.1, 0.15) is 36.6 Å². The van der Waals surface area contributed by atoms with Crippen molar-refractivity contribution in [3.63, 3.8) is 0 Å². The molecular weight excluding hydrogens is 466 g/mol. The highest BCUT2D eigenvalue weighted by Crippen LogP contribution is 2.38. The Labute approximate surface area is 197 Å². The van der Waals surface area contributed by atoms with Gasteiger partial charge in [0.2, 0.25) is 0 Å². The minimum absolute atomic E-state index is 0.486. The van der Waals surface area contributed by atoms with Crippen molar-refractivity contribution in [2.75, 3.05) is 20.8 Å². The second kappa shape index (κ2) is 9.84. The molecule has 5 nitrogen and oxygen atoms in total. The molecule has 0 atom stereocenters. The van der Waals surface area contributed by atoms with Crippen molar-refractivity contribution in [3.05, 3.63) is 76.0 Å². The van der Waals surface area contributed by atoms with Crippen molar-refractivity contribution in [1.82, 2.24) is 14.5 Å². The maximum Gasteiger partial charge on any atom is 0.145 e. The molecule has 2 heterocycles. The summed E-state index contributed by atoms with van der Waals surface area (Å²) < 4.78 is 14.4. The molecule has 0 spiro atoms.